The molecule has 1 N–H and O–H groups in total. The molecule has 0 spiro atoms. The zero-order valence-corrected chi connectivity index (χ0v) is 15.7. The number of carbonyl (C=O) groups is 1. The van der Waals surface area contributed by atoms with Gasteiger partial charge in [-0.2, -0.15) is 0 Å². The third kappa shape index (κ3) is 3.57. The molecule has 3 aromatic rings. The molecule has 1 aromatic heterocycles. The number of carbonyl (C=O) groups excluding carboxylic acids is 1. The average molecular weight is 398 g/mol. The summed E-state index contributed by atoms with van der Waals surface area (Å²) in [7, 11) is 0. The Balaban J connectivity index is 1.51. The van der Waals surface area contributed by atoms with Crippen molar-refractivity contribution in [1.29, 1.82) is 0 Å². The molecule has 0 atom stereocenters. The van der Waals surface area contributed by atoms with Crippen molar-refractivity contribution in [3.63, 3.8) is 0 Å². The van der Waals surface area contributed by atoms with Crippen LogP contribution in [0.1, 0.15) is 5.56 Å². The molecule has 142 valence electrons. The van der Waals surface area contributed by atoms with E-state index < -0.39 is 0 Å². The van der Waals surface area contributed by atoms with Gasteiger partial charge in [0.2, 0.25) is 12.7 Å². The largest absolute Gasteiger partial charge is 0.454 e. The zero-order valence-electron chi connectivity index (χ0n) is 14.9. The molecule has 4 rings (SSSR count). The highest BCUT2D eigenvalue weighted by molar-refractivity contribution is 6.31. The number of halogens is 1. The van der Waals surface area contributed by atoms with E-state index in [9.17, 15) is 9.59 Å². The van der Waals surface area contributed by atoms with Crippen LogP contribution in [0, 0.1) is 6.92 Å². The topological polar surface area (TPSA) is 82.5 Å². The molecule has 7 nitrogen and oxygen atoms in total. The van der Waals surface area contributed by atoms with Crippen LogP contribution >= 0.6 is 11.6 Å². The number of nitrogens with zero attached hydrogens (tertiary/aromatic N) is 2. The van der Waals surface area contributed by atoms with Crippen molar-refractivity contribution in [1.82, 2.24) is 9.55 Å². The number of ether oxygens (including phenoxy) is 2. The Hall–Kier alpha value is -3.32. The van der Waals surface area contributed by atoms with Crippen LogP contribution in [-0.2, 0) is 11.3 Å². The van der Waals surface area contributed by atoms with Crippen molar-refractivity contribution in [2.45, 2.75) is 13.5 Å². The van der Waals surface area contributed by atoms with E-state index in [4.69, 9.17) is 21.1 Å². The van der Waals surface area contributed by atoms with Crippen molar-refractivity contribution in [2.75, 3.05) is 12.1 Å². The molecule has 0 saturated carbocycles. The molecule has 28 heavy (non-hydrogen) atoms. The average Bonchev–Trinajstić information content (AvgIpc) is 3.15. The van der Waals surface area contributed by atoms with Crippen LogP contribution in [-0.4, -0.2) is 22.3 Å². The molecule has 2 heterocycles. The molecular formula is C20H16ClN3O4. The van der Waals surface area contributed by atoms with Crippen LogP contribution in [0.15, 0.2) is 53.6 Å². The fraction of sp³-hybridized carbons (Fsp3) is 0.150. The highest BCUT2D eigenvalue weighted by Gasteiger charge is 2.15. The second-order valence-electron chi connectivity index (χ2n) is 6.27. The molecule has 8 heteroatoms. The Bertz CT molecular complexity index is 1130. The number of hydrogen-bond donors (Lipinski definition) is 1. The van der Waals surface area contributed by atoms with E-state index >= 15 is 0 Å². The van der Waals surface area contributed by atoms with Gasteiger partial charge in [0.25, 0.3) is 5.56 Å². The number of aromatic nitrogens is 2. The number of anilines is 1. The summed E-state index contributed by atoms with van der Waals surface area (Å²) >= 11 is 6.06. The lowest BCUT2D eigenvalue weighted by Crippen LogP contribution is -2.27. The highest BCUT2D eigenvalue weighted by atomic mass is 35.5. The summed E-state index contributed by atoms with van der Waals surface area (Å²) in [5, 5.41) is 3.32. The number of benzene rings is 2. The molecule has 0 radical (unpaired) electrons. The summed E-state index contributed by atoms with van der Waals surface area (Å²) in [5.74, 6) is 0.926. The van der Waals surface area contributed by atoms with Crippen LogP contribution in [0.4, 0.5) is 5.69 Å². The van der Waals surface area contributed by atoms with E-state index in [0.717, 1.165) is 11.1 Å². The molecule has 1 amide bonds. The molecule has 0 aliphatic carbocycles. The summed E-state index contributed by atoms with van der Waals surface area (Å²) in [4.78, 5) is 29.0. The molecule has 0 fully saturated rings. The van der Waals surface area contributed by atoms with E-state index in [1.165, 1.54) is 17.0 Å². The second kappa shape index (κ2) is 7.36. The summed E-state index contributed by atoms with van der Waals surface area (Å²) in [6, 6.07) is 12.0. The molecule has 1 aliphatic heterocycles. The van der Waals surface area contributed by atoms with E-state index in [0.29, 0.717) is 27.9 Å². The van der Waals surface area contributed by atoms with Crippen molar-refractivity contribution < 1.29 is 14.3 Å². The quantitative estimate of drug-likeness (QED) is 0.730. The second-order valence-corrected chi connectivity index (χ2v) is 6.68. The molecule has 0 bridgehead atoms. The van der Waals surface area contributed by atoms with E-state index in [-0.39, 0.29) is 24.8 Å². The summed E-state index contributed by atoms with van der Waals surface area (Å²) < 4.78 is 11.9. The first-order chi connectivity index (χ1) is 13.5. The van der Waals surface area contributed by atoms with Gasteiger partial charge >= 0.3 is 0 Å². The third-order valence-electron chi connectivity index (χ3n) is 4.40. The summed E-state index contributed by atoms with van der Waals surface area (Å²) in [6.45, 7) is 1.83. The molecule has 2 aromatic carbocycles. The number of rotatable bonds is 4. The predicted octanol–water partition coefficient (Wildman–Crippen LogP) is 3.24. The van der Waals surface area contributed by atoms with Gasteiger partial charge in [-0.05, 0) is 42.8 Å². The Morgan fingerprint density at radius 1 is 1.21 bits per heavy atom. The standard InChI is InChI=1S/C20H16ClN3O4/c1-12-14(21)3-2-4-15(12)23-19(25)9-24-10-22-16(8-20(24)26)13-5-6-17-18(7-13)28-11-27-17/h2-8,10H,9,11H2,1H3,(H,23,25). The van der Waals surface area contributed by atoms with Crippen molar-refractivity contribution >= 4 is 23.2 Å². The normalized spacial score (nSPS) is 12.1. The Kier molecular flexibility index (Phi) is 4.75. The lowest BCUT2D eigenvalue weighted by Gasteiger charge is -2.11. The lowest BCUT2D eigenvalue weighted by molar-refractivity contribution is -0.116. The van der Waals surface area contributed by atoms with Crippen LogP contribution in [0.5, 0.6) is 11.5 Å². The van der Waals surface area contributed by atoms with Gasteiger partial charge in [0.05, 0.1) is 12.0 Å². The van der Waals surface area contributed by atoms with Gasteiger partial charge in [0.15, 0.2) is 11.5 Å². The number of amides is 1. The van der Waals surface area contributed by atoms with Crippen LogP contribution in [0.3, 0.4) is 0 Å². The SMILES string of the molecule is Cc1c(Cl)cccc1NC(=O)Cn1cnc(-c2ccc3c(c2)OCO3)cc1=O. The van der Waals surface area contributed by atoms with Gasteiger partial charge < -0.3 is 14.8 Å². The summed E-state index contributed by atoms with van der Waals surface area (Å²) in [6.07, 6.45) is 1.35. The highest BCUT2D eigenvalue weighted by Crippen LogP contribution is 2.35. The maximum Gasteiger partial charge on any atom is 0.254 e. The van der Waals surface area contributed by atoms with Gasteiger partial charge in [0, 0.05) is 22.3 Å². The van der Waals surface area contributed by atoms with E-state index in [1.54, 1.807) is 36.4 Å². The zero-order chi connectivity index (χ0) is 19.7. The van der Waals surface area contributed by atoms with Crippen LogP contribution in [0.2, 0.25) is 5.02 Å². The van der Waals surface area contributed by atoms with Gasteiger partial charge in [0.1, 0.15) is 6.54 Å². The van der Waals surface area contributed by atoms with Crippen LogP contribution < -0.4 is 20.3 Å². The third-order valence-corrected chi connectivity index (χ3v) is 4.81. The number of nitrogens with one attached hydrogen (secondary N) is 1. The minimum absolute atomic E-state index is 0.154. The predicted molar refractivity (Wildman–Crippen MR) is 105 cm³/mol. The fourth-order valence-electron chi connectivity index (χ4n) is 2.85. The Labute approximate surface area is 165 Å². The van der Waals surface area contributed by atoms with Crippen LogP contribution in [0.25, 0.3) is 11.3 Å². The van der Waals surface area contributed by atoms with Crippen molar-refractivity contribution in [2.24, 2.45) is 0 Å². The fourth-order valence-corrected chi connectivity index (χ4v) is 3.02. The summed E-state index contributed by atoms with van der Waals surface area (Å²) in [5.41, 5.74) is 2.26. The first-order valence-corrected chi connectivity index (χ1v) is 8.90. The Morgan fingerprint density at radius 3 is 2.86 bits per heavy atom. The number of fused-ring (bicyclic) bond motifs is 1. The maximum absolute atomic E-state index is 12.4. The smallest absolute Gasteiger partial charge is 0.254 e. The van der Waals surface area contributed by atoms with E-state index in [1.807, 2.05) is 6.92 Å². The Morgan fingerprint density at radius 2 is 2.04 bits per heavy atom. The van der Waals surface area contributed by atoms with Crippen molar-refractivity contribution in [3.05, 3.63) is 69.7 Å². The van der Waals surface area contributed by atoms with Crippen molar-refractivity contribution in [3.8, 4) is 22.8 Å². The number of hydrogen-bond acceptors (Lipinski definition) is 5. The lowest BCUT2D eigenvalue weighted by atomic mass is 10.1. The van der Waals surface area contributed by atoms with Gasteiger partial charge in [-0.3, -0.25) is 14.2 Å². The van der Waals surface area contributed by atoms with Gasteiger partial charge in [-0.25, -0.2) is 4.98 Å². The van der Waals surface area contributed by atoms with Gasteiger partial charge in [-0.1, -0.05) is 17.7 Å². The monoisotopic (exact) mass is 397 g/mol. The maximum atomic E-state index is 12.4. The molecule has 1 aliphatic rings. The minimum Gasteiger partial charge on any atom is -0.454 e. The van der Waals surface area contributed by atoms with E-state index in [2.05, 4.69) is 10.3 Å². The minimum atomic E-state index is -0.343. The molecule has 0 saturated heterocycles. The first-order valence-electron chi connectivity index (χ1n) is 8.53. The molecular weight excluding hydrogens is 382 g/mol. The first kappa shape index (κ1) is 18.1. The van der Waals surface area contributed by atoms with Gasteiger partial charge in [-0.15, -0.1) is 0 Å². The molecule has 0 unspecified atom stereocenters.